The molecule has 0 bridgehead atoms. The molecule has 0 aromatic carbocycles. The molecule has 2 aromatic rings. The monoisotopic (exact) mass is 479 g/mol. The molecule has 1 aliphatic heterocycles. The van der Waals surface area contributed by atoms with Gasteiger partial charge in [0.2, 0.25) is 0 Å². The van der Waals surface area contributed by atoms with Crippen LogP contribution in [0.25, 0.3) is 0 Å². The predicted octanol–water partition coefficient (Wildman–Crippen LogP) is 4.42. The largest absolute Gasteiger partial charge is 0.491 e. The van der Waals surface area contributed by atoms with Gasteiger partial charge in [-0.3, -0.25) is 19.6 Å². The maximum atomic E-state index is 13.1. The molecule has 2 atom stereocenters. The number of ketones is 1. The number of hydrogen-bond acceptors (Lipinski definition) is 6. The molecule has 0 saturated carbocycles. The van der Waals surface area contributed by atoms with Crippen molar-refractivity contribution in [3.8, 4) is 5.75 Å². The number of aromatic nitrogens is 2. The first kappa shape index (κ1) is 25.6. The van der Waals surface area contributed by atoms with Gasteiger partial charge >= 0.3 is 6.18 Å². The van der Waals surface area contributed by atoms with Gasteiger partial charge in [0.15, 0.2) is 5.78 Å². The van der Waals surface area contributed by atoms with E-state index in [9.17, 15) is 22.8 Å². The Labute approximate surface area is 196 Å². The number of carbonyl (C=O) groups is 2. The van der Waals surface area contributed by atoms with Crippen LogP contribution in [-0.4, -0.2) is 51.1 Å². The number of rotatable bonds is 10. The molecular formula is C24H28F3N3O4. The lowest BCUT2D eigenvalue weighted by Crippen LogP contribution is -2.28. The van der Waals surface area contributed by atoms with Crippen molar-refractivity contribution < 1.29 is 32.6 Å². The van der Waals surface area contributed by atoms with Gasteiger partial charge in [-0.05, 0) is 44.4 Å². The molecule has 1 aliphatic rings. The highest BCUT2D eigenvalue weighted by Gasteiger charge is 2.36. The fraction of sp³-hybridized carbons (Fsp3) is 0.500. The number of ether oxygens (including phenoxy) is 1. The fourth-order valence-electron chi connectivity index (χ4n) is 3.92. The Morgan fingerprint density at radius 2 is 2.03 bits per heavy atom. The van der Waals surface area contributed by atoms with Crippen LogP contribution >= 0.6 is 0 Å². The number of Topliss-reactive ketones (excluding diaryl/α,β-unsaturated/α-hetero) is 1. The number of aryl methyl sites for hydroxylation is 1. The van der Waals surface area contributed by atoms with Crippen LogP contribution in [0.1, 0.15) is 76.8 Å². The summed E-state index contributed by atoms with van der Waals surface area (Å²) in [5.74, 6) is -0.485. The number of nitrogens with zero attached hydrogens (tertiary/aromatic N) is 3. The molecule has 3 rings (SSSR count). The average molecular weight is 479 g/mol. The van der Waals surface area contributed by atoms with Gasteiger partial charge in [-0.2, -0.15) is 13.2 Å². The van der Waals surface area contributed by atoms with E-state index >= 15 is 0 Å². The third-order valence-electron chi connectivity index (χ3n) is 5.97. The van der Waals surface area contributed by atoms with E-state index in [4.69, 9.17) is 9.84 Å². The Morgan fingerprint density at radius 3 is 2.68 bits per heavy atom. The van der Waals surface area contributed by atoms with E-state index in [0.717, 1.165) is 0 Å². The molecule has 2 aromatic heterocycles. The molecule has 0 spiro atoms. The molecule has 0 fully saturated rings. The topological polar surface area (TPSA) is 92.6 Å². The molecule has 1 amide bonds. The van der Waals surface area contributed by atoms with Crippen molar-refractivity contribution in [3.05, 3.63) is 52.6 Å². The van der Waals surface area contributed by atoms with Crippen LogP contribution in [0.15, 0.2) is 24.5 Å². The Kier molecular flexibility index (Phi) is 7.91. The zero-order valence-electron chi connectivity index (χ0n) is 19.4. The highest BCUT2D eigenvalue weighted by Crippen LogP contribution is 2.34. The molecule has 184 valence electrons. The molecule has 0 saturated heterocycles. The Bertz CT molecular complexity index is 1060. The van der Waals surface area contributed by atoms with Gasteiger partial charge in [-0.25, -0.2) is 0 Å². The SMILES string of the molecule is Cc1cc(C(C)N2Cc3c(ccnc3C(=O)C(C)CCCO)C2=O)ncc1OCCC(F)(F)F. The van der Waals surface area contributed by atoms with Gasteiger partial charge in [0.05, 0.1) is 31.0 Å². The normalized spacial score (nSPS) is 15.3. The van der Waals surface area contributed by atoms with Gasteiger partial charge in [0.25, 0.3) is 5.91 Å². The number of aliphatic hydroxyl groups excluding tert-OH is 1. The summed E-state index contributed by atoms with van der Waals surface area (Å²) >= 11 is 0. The van der Waals surface area contributed by atoms with Gasteiger partial charge in [0, 0.05) is 36.4 Å². The van der Waals surface area contributed by atoms with Crippen LogP contribution in [0, 0.1) is 12.8 Å². The quantitative estimate of drug-likeness (QED) is 0.507. The molecule has 7 nitrogen and oxygen atoms in total. The molecule has 10 heteroatoms. The Balaban J connectivity index is 1.76. The van der Waals surface area contributed by atoms with Crippen LogP contribution in [0.3, 0.4) is 0 Å². The lowest BCUT2D eigenvalue weighted by Gasteiger charge is -2.24. The summed E-state index contributed by atoms with van der Waals surface area (Å²) in [7, 11) is 0. The first-order valence-electron chi connectivity index (χ1n) is 11.1. The van der Waals surface area contributed by atoms with Gasteiger partial charge in [0.1, 0.15) is 11.4 Å². The zero-order chi connectivity index (χ0) is 25.0. The van der Waals surface area contributed by atoms with Crippen molar-refractivity contribution in [1.82, 2.24) is 14.9 Å². The minimum atomic E-state index is -4.30. The first-order chi connectivity index (χ1) is 16.0. The zero-order valence-corrected chi connectivity index (χ0v) is 19.4. The average Bonchev–Trinajstić information content (AvgIpc) is 3.13. The van der Waals surface area contributed by atoms with Gasteiger partial charge in [-0.1, -0.05) is 6.92 Å². The van der Waals surface area contributed by atoms with Crippen molar-refractivity contribution in [1.29, 1.82) is 0 Å². The van der Waals surface area contributed by atoms with Crippen LogP contribution in [0.4, 0.5) is 13.2 Å². The Morgan fingerprint density at radius 1 is 1.29 bits per heavy atom. The molecule has 0 radical (unpaired) electrons. The number of amides is 1. The van der Waals surface area contributed by atoms with Crippen LogP contribution in [0.2, 0.25) is 0 Å². The van der Waals surface area contributed by atoms with Crippen LogP contribution in [0.5, 0.6) is 5.75 Å². The number of hydrogen-bond donors (Lipinski definition) is 1. The summed E-state index contributed by atoms with van der Waals surface area (Å²) in [6, 6.07) is 2.83. The summed E-state index contributed by atoms with van der Waals surface area (Å²) in [5.41, 5.74) is 2.42. The van der Waals surface area contributed by atoms with E-state index in [0.29, 0.717) is 35.2 Å². The second-order valence-corrected chi connectivity index (χ2v) is 8.51. The number of halogens is 3. The highest BCUT2D eigenvalue weighted by molar-refractivity contribution is 6.04. The van der Waals surface area contributed by atoms with E-state index in [1.165, 1.54) is 12.4 Å². The third kappa shape index (κ3) is 5.72. The van der Waals surface area contributed by atoms with Gasteiger partial charge < -0.3 is 14.7 Å². The predicted molar refractivity (Wildman–Crippen MR) is 117 cm³/mol. The van der Waals surface area contributed by atoms with Crippen LogP contribution < -0.4 is 4.74 Å². The molecule has 1 N–H and O–H groups in total. The summed E-state index contributed by atoms with van der Waals surface area (Å²) in [6.07, 6.45) is -1.51. The maximum Gasteiger partial charge on any atom is 0.392 e. The minimum absolute atomic E-state index is 0.000297. The highest BCUT2D eigenvalue weighted by atomic mass is 19.4. The molecule has 34 heavy (non-hydrogen) atoms. The maximum absolute atomic E-state index is 13.1. The molecule has 0 aliphatic carbocycles. The van der Waals surface area contributed by atoms with Crippen molar-refractivity contribution in [2.75, 3.05) is 13.2 Å². The van der Waals surface area contributed by atoms with E-state index < -0.39 is 25.2 Å². The van der Waals surface area contributed by atoms with Gasteiger partial charge in [-0.15, -0.1) is 0 Å². The molecule has 2 unspecified atom stereocenters. The van der Waals surface area contributed by atoms with Crippen LogP contribution in [-0.2, 0) is 6.54 Å². The van der Waals surface area contributed by atoms with Crippen molar-refractivity contribution in [2.24, 2.45) is 5.92 Å². The van der Waals surface area contributed by atoms with Crippen molar-refractivity contribution in [2.45, 2.75) is 58.8 Å². The lowest BCUT2D eigenvalue weighted by molar-refractivity contribution is -0.139. The minimum Gasteiger partial charge on any atom is -0.491 e. The summed E-state index contributed by atoms with van der Waals surface area (Å²) in [5, 5.41) is 9.04. The third-order valence-corrected chi connectivity index (χ3v) is 5.97. The van der Waals surface area contributed by atoms with E-state index in [1.54, 1.807) is 37.8 Å². The fourth-order valence-corrected chi connectivity index (χ4v) is 3.92. The second-order valence-electron chi connectivity index (χ2n) is 8.51. The van der Waals surface area contributed by atoms with E-state index in [1.807, 2.05) is 0 Å². The Hall–Kier alpha value is -3.01. The van der Waals surface area contributed by atoms with E-state index in [-0.39, 0.29) is 42.2 Å². The lowest BCUT2D eigenvalue weighted by atomic mass is 9.95. The number of fused-ring (bicyclic) bond motifs is 1. The smallest absolute Gasteiger partial charge is 0.392 e. The first-order valence-corrected chi connectivity index (χ1v) is 11.1. The molecule has 3 heterocycles. The number of alkyl halides is 3. The number of carbonyl (C=O) groups excluding carboxylic acids is 2. The van der Waals surface area contributed by atoms with E-state index in [2.05, 4.69) is 9.97 Å². The number of pyridine rings is 2. The summed E-state index contributed by atoms with van der Waals surface area (Å²) in [4.78, 5) is 36.2. The summed E-state index contributed by atoms with van der Waals surface area (Å²) < 4.78 is 42.3. The standard InChI is InChI=1S/C24H28F3N3O4/c1-14(5-4-9-31)22(32)21-18-13-30(23(33)17(18)6-8-28-21)16(3)19-11-15(2)20(12-29-19)34-10-7-24(25,26)27/h6,8,11-12,14,16,31H,4-5,7,9-10,13H2,1-3H3. The molecular weight excluding hydrogens is 451 g/mol. The van der Waals surface area contributed by atoms with Crippen molar-refractivity contribution >= 4 is 11.7 Å². The number of aliphatic hydroxyl groups is 1. The van der Waals surface area contributed by atoms with Crippen molar-refractivity contribution in [3.63, 3.8) is 0 Å². The summed E-state index contributed by atoms with van der Waals surface area (Å²) in [6.45, 7) is 4.98. The second kappa shape index (κ2) is 10.5.